The molecule has 9 aromatic carbocycles. The number of rotatable bonds is 5. The van der Waals surface area contributed by atoms with Gasteiger partial charge in [0, 0.05) is 33.5 Å². The van der Waals surface area contributed by atoms with Crippen LogP contribution in [0.25, 0.3) is 44.5 Å². The van der Waals surface area contributed by atoms with Gasteiger partial charge in [-0.3, -0.25) is 0 Å². The summed E-state index contributed by atoms with van der Waals surface area (Å²) in [6.45, 7) is 4.71. The topological polar surface area (TPSA) is 12.5 Å². The summed E-state index contributed by atoms with van der Waals surface area (Å²) >= 11 is 0. The number of para-hydroxylation sites is 2. The fourth-order valence-electron chi connectivity index (χ4n) is 10.7. The molecular formula is C58H41NO. The zero-order valence-corrected chi connectivity index (χ0v) is 33.6. The molecule has 2 heteroatoms. The van der Waals surface area contributed by atoms with Crippen LogP contribution < -0.4 is 9.64 Å². The molecule has 2 nitrogen and oxygen atoms in total. The summed E-state index contributed by atoms with van der Waals surface area (Å²) in [5, 5.41) is 0. The Morgan fingerprint density at radius 3 is 1.57 bits per heavy atom. The average molecular weight is 768 g/mol. The Morgan fingerprint density at radius 2 is 0.850 bits per heavy atom. The van der Waals surface area contributed by atoms with Gasteiger partial charge in [-0.05, 0) is 104 Å². The third-order valence-corrected chi connectivity index (χ3v) is 13.4. The van der Waals surface area contributed by atoms with E-state index in [-0.39, 0.29) is 5.41 Å². The lowest BCUT2D eigenvalue weighted by Gasteiger charge is -2.40. The maximum absolute atomic E-state index is 6.86. The van der Waals surface area contributed by atoms with Crippen molar-refractivity contribution in [2.45, 2.75) is 24.7 Å². The fraction of sp³-hybridized carbons (Fsp3) is 0.0690. The highest BCUT2D eigenvalue weighted by Gasteiger charge is 2.52. The zero-order chi connectivity index (χ0) is 40.0. The molecule has 0 unspecified atom stereocenters. The summed E-state index contributed by atoms with van der Waals surface area (Å²) in [4.78, 5) is 2.44. The molecule has 1 heterocycles. The number of fused-ring (bicyclic) bond motifs is 12. The van der Waals surface area contributed by atoms with Crippen molar-refractivity contribution in [2.75, 3.05) is 4.90 Å². The molecule has 0 saturated heterocycles. The zero-order valence-electron chi connectivity index (χ0n) is 33.6. The number of anilines is 3. The summed E-state index contributed by atoms with van der Waals surface area (Å²) < 4.78 is 6.86. The molecule has 12 rings (SSSR count). The summed E-state index contributed by atoms with van der Waals surface area (Å²) in [7, 11) is 0. The van der Waals surface area contributed by atoms with Crippen molar-refractivity contribution >= 4 is 17.1 Å². The van der Waals surface area contributed by atoms with Crippen LogP contribution in [-0.2, 0) is 10.8 Å². The van der Waals surface area contributed by atoms with E-state index in [1.54, 1.807) is 0 Å². The Kier molecular flexibility index (Phi) is 7.52. The van der Waals surface area contributed by atoms with E-state index in [2.05, 4.69) is 231 Å². The van der Waals surface area contributed by atoms with Gasteiger partial charge in [0.1, 0.15) is 11.5 Å². The predicted octanol–water partition coefficient (Wildman–Crippen LogP) is 15.3. The minimum Gasteiger partial charge on any atom is -0.457 e. The van der Waals surface area contributed by atoms with Gasteiger partial charge >= 0.3 is 0 Å². The van der Waals surface area contributed by atoms with Crippen molar-refractivity contribution < 1.29 is 4.74 Å². The van der Waals surface area contributed by atoms with E-state index in [4.69, 9.17) is 4.74 Å². The van der Waals surface area contributed by atoms with Crippen LogP contribution in [0.1, 0.15) is 47.2 Å². The second-order valence-electron chi connectivity index (χ2n) is 16.8. The molecule has 0 amide bonds. The molecule has 60 heavy (non-hydrogen) atoms. The van der Waals surface area contributed by atoms with E-state index >= 15 is 0 Å². The van der Waals surface area contributed by atoms with Gasteiger partial charge in [0.05, 0.1) is 11.1 Å². The van der Waals surface area contributed by atoms with Crippen LogP contribution in [0, 0.1) is 0 Å². The van der Waals surface area contributed by atoms with Crippen molar-refractivity contribution in [1.82, 2.24) is 0 Å². The molecular weight excluding hydrogens is 727 g/mol. The summed E-state index contributed by atoms with van der Waals surface area (Å²) in [6.07, 6.45) is 0. The standard InChI is InChI=1S/C58H41NO/c1-57(2)48-24-10-6-20-44(48)47-36-35-41(37-52(47)57)59(53-28-14-9-19-42(53)38-17-4-3-5-18-38)40-33-31-39(32-34-40)43-23-16-30-55-56(43)58(51-27-13-15-29-54(51)60-55)49-25-11-7-21-45(49)46-22-8-12-26-50(46)58/h3-37H,1-2H3. The summed E-state index contributed by atoms with van der Waals surface area (Å²) in [6, 6.07) is 77.7. The van der Waals surface area contributed by atoms with Gasteiger partial charge in [-0.15, -0.1) is 0 Å². The smallest absolute Gasteiger partial charge is 0.132 e. The molecule has 0 N–H and O–H groups in total. The molecule has 0 saturated carbocycles. The lowest BCUT2D eigenvalue weighted by Crippen LogP contribution is -2.32. The van der Waals surface area contributed by atoms with Crippen molar-refractivity contribution in [2.24, 2.45) is 0 Å². The van der Waals surface area contributed by atoms with E-state index in [0.717, 1.165) is 39.7 Å². The molecule has 1 spiro atoms. The van der Waals surface area contributed by atoms with Gasteiger partial charge in [0.15, 0.2) is 0 Å². The lowest BCUT2D eigenvalue weighted by molar-refractivity contribution is 0.437. The first-order valence-electron chi connectivity index (χ1n) is 20.9. The van der Waals surface area contributed by atoms with Crippen molar-refractivity contribution in [3.05, 3.63) is 246 Å². The minimum absolute atomic E-state index is 0.128. The van der Waals surface area contributed by atoms with E-state index < -0.39 is 5.41 Å². The first-order chi connectivity index (χ1) is 29.5. The van der Waals surface area contributed by atoms with Crippen LogP contribution in [0.15, 0.2) is 212 Å². The molecule has 0 atom stereocenters. The number of hydrogen-bond donors (Lipinski definition) is 0. The largest absolute Gasteiger partial charge is 0.457 e. The normalized spacial score (nSPS) is 14.2. The highest BCUT2D eigenvalue weighted by atomic mass is 16.5. The third kappa shape index (κ3) is 4.82. The highest BCUT2D eigenvalue weighted by molar-refractivity contribution is 5.94. The summed E-state index contributed by atoms with van der Waals surface area (Å²) in [5.74, 6) is 1.79. The second-order valence-corrected chi connectivity index (χ2v) is 16.8. The highest BCUT2D eigenvalue weighted by Crippen LogP contribution is 2.63. The quantitative estimate of drug-likeness (QED) is 0.173. The molecule has 0 fully saturated rings. The molecule has 0 aromatic heterocycles. The molecule has 9 aromatic rings. The van der Waals surface area contributed by atoms with Crippen LogP contribution in [0.3, 0.4) is 0 Å². The Hall–Kier alpha value is -7.42. The van der Waals surface area contributed by atoms with Gasteiger partial charge in [0.25, 0.3) is 0 Å². The van der Waals surface area contributed by atoms with E-state index in [9.17, 15) is 0 Å². The van der Waals surface area contributed by atoms with E-state index in [0.29, 0.717) is 0 Å². The molecule has 0 bridgehead atoms. The van der Waals surface area contributed by atoms with Crippen molar-refractivity contribution in [1.29, 1.82) is 0 Å². The SMILES string of the molecule is CC1(C)c2ccccc2-c2ccc(N(c3ccc(-c4cccc5c4C4(c6ccccc6O5)c5ccccc5-c5ccccc54)cc3)c3ccccc3-c3ccccc3)cc21. The second kappa shape index (κ2) is 13.0. The average Bonchev–Trinajstić information content (AvgIpc) is 3.72. The predicted molar refractivity (Wildman–Crippen MR) is 247 cm³/mol. The van der Waals surface area contributed by atoms with Crippen LogP contribution in [0.2, 0.25) is 0 Å². The Bertz CT molecular complexity index is 3110. The maximum atomic E-state index is 6.86. The molecule has 3 aliphatic rings. The van der Waals surface area contributed by atoms with Gasteiger partial charge in [-0.2, -0.15) is 0 Å². The van der Waals surface area contributed by atoms with Gasteiger partial charge < -0.3 is 9.64 Å². The fourth-order valence-corrected chi connectivity index (χ4v) is 10.7. The van der Waals surface area contributed by atoms with Crippen LogP contribution in [0.4, 0.5) is 17.1 Å². The van der Waals surface area contributed by atoms with Crippen LogP contribution >= 0.6 is 0 Å². The van der Waals surface area contributed by atoms with Gasteiger partial charge in [0.2, 0.25) is 0 Å². The number of ether oxygens (including phenoxy) is 1. The first-order valence-corrected chi connectivity index (χ1v) is 20.9. The Labute approximate surface area is 351 Å². The molecule has 0 radical (unpaired) electrons. The summed E-state index contributed by atoms with van der Waals surface area (Å²) in [5.41, 5.74) is 20.2. The minimum atomic E-state index is -0.553. The Balaban J connectivity index is 1.05. The lowest BCUT2D eigenvalue weighted by atomic mass is 9.64. The third-order valence-electron chi connectivity index (χ3n) is 13.4. The maximum Gasteiger partial charge on any atom is 0.132 e. The number of hydrogen-bond acceptors (Lipinski definition) is 2. The molecule has 2 aliphatic carbocycles. The van der Waals surface area contributed by atoms with Crippen LogP contribution in [0.5, 0.6) is 11.5 Å². The van der Waals surface area contributed by atoms with Gasteiger partial charge in [-0.25, -0.2) is 0 Å². The number of benzene rings is 9. The molecule has 284 valence electrons. The van der Waals surface area contributed by atoms with Crippen LogP contribution in [-0.4, -0.2) is 0 Å². The first kappa shape index (κ1) is 34.6. The van der Waals surface area contributed by atoms with Crippen molar-refractivity contribution in [3.8, 4) is 56.0 Å². The molecule has 1 aliphatic heterocycles. The van der Waals surface area contributed by atoms with E-state index in [1.807, 2.05) is 0 Å². The van der Waals surface area contributed by atoms with Crippen molar-refractivity contribution in [3.63, 3.8) is 0 Å². The monoisotopic (exact) mass is 767 g/mol. The van der Waals surface area contributed by atoms with Gasteiger partial charge in [-0.1, -0.05) is 184 Å². The Morgan fingerprint density at radius 1 is 0.350 bits per heavy atom. The number of nitrogens with zero attached hydrogens (tertiary/aromatic N) is 1. The van der Waals surface area contributed by atoms with E-state index in [1.165, 1.54) is 66.8 Å².